The third kappa shape index (κ3) is 4.75. The summed E-state index contributed by atoms with van der Waals surface area (Å²) >= 11 is 1.81. The van der Waals surface area contributed by atoms with Crippen LogP contribution in [0.25, 0.3) is 0 Å². The molecule has 0 fully saturated rings. The number of hydrogen-bond donors (Lipinski definition) is 2. The number of hydrogen-bond acceptors (Lipinski definition) is 4. The Morgan fingerprint density at radius 1 is 1.65 bits per heavy atom. The Morgan fingerprint density at radius 3 is 3.06 bits per heavy atom. The quantitative estimate of drug-likeness (QED) is 0.804. The van der Waals surface area contributed by atoms with Gasteiger partial charge in [-0.3, -0.25) is 9.78 Å². The number of pyridine rings is 1. The third-order valence-electron chi connectivity index (χ3n) is 2.24. The van der Waals surface area contributed by atoms with Gasteiger partial charge in [0.25, 0.3) is 5.91 Å². The van der Waals surface area contributed by atoms with E-state index in [1.807, 2.05) is 18.7 Å². The molecule has 1 aromatic heterocycles. The molecule has 0 radical (unpaired) electrons. The van der Waals surface area contributed by atoms with E-state index in [-0.39, 0.29) is 11.9 Å². The van der Waals surface area contributed by atoms with Crippen LogP contribution in [0.4, 0.5) is 0 Å². The van der Waals surface area contributed by atoms with Crippen LogP contribution in [-0.4, -0.2) is 28.4 Å². The first-order valence-corrected chi connectivity index (χ1v) is 6.86. The highest BCUT2D eigenvalue weighted by Crippen LogP contribution is 2.04. The molecule has 1 heterocycles. The molecular weight excluding hydrogens is 234 g/mol. The van der Waals surface area contributed by atoms with Crippen LogP contribution in [0.1, 0.15) is 29.9 Å². The molecule has 0 spiro atoms. The van der Waals surface area contributed by atoms with Gasteiger partial charge in [-0.1, -0.05) is 6.92 Å². The van der Waals surface area contributed by atoms with E-state index in [2.05, 4.69) is 17.2 Å². The van der Waals surface area contributed by atoms with E-state index in [0.29, 0.717) is 12.1 Å². The summed E-state index contributed by atoms with van der Waals surface area (Å²) in [7, 11) is 0. The third-order valence-corrected chi connectivity index (χ3v) is 3.38. The second kappa shape index (κ2) is 7.29. The number of amides is 1. The van der Waals surface area contributed by atoms with E-state index in [4.69, 9.17) is 5.73 Å². The summed E-state index contributed by atoms with van der Waals surface area (Å²) < 4.78 is 0. The minimum atomic E-state index is -0.0636. The van der Waals surface area contributed by atoms with Crippen LogP contribution >= 0.6 is 11.8 Å². The Balaban J connectivity index is 2.56. The first-order valence-electron chi connectivity index (χ1n) is 5.71. The molecule has 1 unspecified atom stereocenters. The van der Waals surface area contributed by atoms with Gasteiger partial charge in [0, 0.05) is 30.1 Å². The van der Waals surface area contributed by atoms with Crippen molar-refractivity contribution in [1.82, 2.24) is 10.3 Å². The summed E-state index contributed by atoms with van der Waals surface area (Å²) in [5, 5.41) is 2.95. The van der Waals surface area contributed by atoms with Crippen LogP contribution < -0.4 is 11.1 Å². The van der Waals surface area contributed by atoms with Crippen molar-refractivity contribution in [1.29, 1.82) is 0 Å². The van der Waals surface area contributed by atoms with Crippen LogP contribution in [0.15, 0.2) is 18.3 Å². The van der Waals surface area contributed by atoms with Gasteiger partial charge in [0.05, 0.1) is 5.69 Å². The van der Waals surface area contributed by atoms with Crippen molar-refractivity contribution in [2.45, 2.75) is 26.4 Å². The lowest BCUT2D eigenvalue weighted by Gasteiger charge is -2.13. The number of nitrogens with one attached hydrogen (secondary N) is 1. The molecule has 1 aromatic rings. The van der Waals surface area contributed by atoms with Gasteiger partial charge in [0.2, 0.25) is 0 Å². The largest absolute Gasteiger partial charge is 0.349 e. The number of nitrogens with zero attached hydrogens (tertiary/aromatic N) is 1. The summed E-state index contributed by atoms with van der Waals surface area (Å²) in [4.78, 5) is 16.0. The molecule has 3 N–H and O–H groups in total. The second-order valence-corrected chi connectivity index (χ2v) is 5.09. The standard InChI is InChI=1S/C12H19N3OS/c1-3-17-8-9(2)15-12(16)10-4-5-14-11(6-10)7-13/h4-6,9H,3,7-8,13H2,1-2H3,(H,15,16). The topological polar surface area (TPSA) is 68.0 Å². The maximum Gasteiger partial charge on any atom is 0.251 e. The van der Waals surface area contributed by atoms with Crippen LogP contribution in [0.3, 0.4) is 0 Å². The molecule has 0 aliphatic carbocycles. The first-order chi connectivity index (χ1) is 8.17. The van der Waals surface area contributed by atoms with E-state index in [9.17, 15) is 4.79 Å². The highest BCUT2D eigenvalue weighted by molar-refractivity contribution is 7.99. The molecule has 1 rings (SSSR count). The maximum absolute atomic E-state index is 11.9. The van der Waals surface area contributed by atoms with Crippen molar-refractivity contribution < 1.29 is 4.79 Å². The van der Waals surface area contributed by atoms with E-state index in [1.165, 1.54) is 0 Å². The van der Waals surface area contributed by atoms with Crippen molar-refractivity contribution in [2.24, 2.45) is 5.73 Å². The Labute approximate surface area is 106 Å². The monoisotopic (exact) mass is 253 g/mol. The Bertz CT molecular complexity index is 371. The second-order valence-electron chi connectivity index (χ2n) is 3.77. The molecule has 4 nitrogen and oxygen atoms in total. The van der Waals surface area contributed by atoms with Crippen molar-refractivity contribution in [2.75, 3.05) is 11.5 Å². The molecule has 1 amide bonds. The zero-order valence-corrected chi connectivity index (χ0v) is 11.1. The van der Waals surface area contributed by atoms with E-state index < -0.39 is 0 Å². The predicted molar refractivity (Wildman–Crippen MR) is 72.1 cm³/mol. The van der Waals surface area contributed by atoms with E-state index >= 15 is 0 Å². The van der Waals surface area contributed by atoms with Gasteiger partial charge in [0.15, 0.2) is 0 Å². The molecule has 0 aromatic carbocycles. The lowest BCUT2D eigenvalue weighted by molar-refractivity contribution is 0.0943. The highest BCUT2D eigenvalue weighted by Gasteiger charge is 2.10. The van der Waals surface area contributed by atoms with Gasteiger partial charge in [-0.15, -0.1) is 0 Å². The normalized spacial score (nSPS) is 12.2. The number of nitrogens with two attached hydrogens (primary N) is 1. The van der Waals surface area contributed by atoms with Gasteiger partial charge in [0.1, 0.15) is 0 Å². The summed E-state index contributed by atoms with van der Waals surface area (Å²) in [5.74, 6) is 1.93. The molecule has 0 aliphatic heterocycles. The smallest absolute Gasteiger partial charge is 0.251 e. The van der Waals surface area contributed by atoms with Crippen LogP contribution in [-0.2, 0) is 6.54 Å². The summed E-state index contributed by atoms with van der Waals surface area (Å²) in [6, 6.07) is 3.60. The Hall–Kier alpha value is -1.07. The number of carbonyl (C=O) groups excluding carboxylic acids is 1. The molecular formula is C12H19N3OS. The SMILES string of the molecule is CCSCC(C)NC(=O)c1ccnc(CN)c1. The van der Waals surface area contributed by atoms with Crippen LogP contribution in [0, 0.1) is 0 Å². The van der Waals surface area contributed by atoms with E-state index in [1.54, 1.807) is 18.3 Å². The van der Waals surface area contributed by atoms with Gasteiger partial charge in [-0.25, -0.2) is 0 Å². The van der Waals surface area contributed by atoms with Gasteiger partial charge >= 0.3 is 0 Å². The average Bonchev–Trinajstić information content (AvgIpc) is 2.36. The molecule has 0 aliphatic rings. The van der Waals surface area contributed by atoms with Crippen molar-refractivity contribution in [3.63, 3.8) is 0 Å². The molecule has 1 atom stereocenters. The van der Waals surface area contributed by atoms with Gasteiger partial charge < -0.3 is 11.1 Å². The number of thioether (sulfide) groups is 1. The Kier molecular flexibility index (Phi) is 6.00. The molecule has 5 heteroatoms. The van der Waals surface area contributed by atoms with Gasteiger partial charge in [-0.05, 0) is 24.8 Å². The fraction of sp³-hybridized carbons (Fsp3) is 0.500. The molecule has 0 bridgehead atoms. The van der Waals surface area contributed by atoms with E-state index in [0.717, 1.165) is 17.2 Å². The van der Waals surface area contributed by atoms with Crippen LogP contribution in [0.5, 0.6) is 0 Å². The van der Waals surface area contributed by atoms with Crippen molar-refractivity contribution in [3.8, 4) is 0 Å². The minimum absolute atomic E-state index is 0.0636. The van der Waals surface area contributed by atoms with Crippen molar-refractivity contribution >= 4 is 17.7 Å². The number of aromatic nitrogens is 1. The molecule has 0 saturated carbocycles. The maximum atomic E-state index is 11.9. The van der Waals surface area contributed by atoms with Gasteiger partial charge in [-0.2, -0.15) is 11.8 Å². The highest BCUT2D eigenvalue weighted by atomic mass is 32.2. The van der Waals surface area contributed by atoms with Crippen molar-refractivity contribution in [3.05, 3.63) is 29.6 Å². The first kappa shape index (κ1) is 14.0. The zero-order valence-electron chi connectivity index (χ0n) is 10.3. The average molecular weight is 253 g/mol. The lowest BCUT2D eigenvalue weighted by atomic mass is 10.2. The number of carbonyl (C=O) groups is 1. The summed E-state index contributed by atoms with van der Waals surface area (Å²) in [6.45, 7) is 4.46. The van der Waals surface area contributed by atoms with Crippen LogP contribution in [0.2, 0.25) is 0 Å². The zero-order chi connectivity index (χ0) is 12.7. The lowest BCUT2D eigenvalue weighted by Crippen LogP contribution is -2.34. The molecule has 94 valence electrons. The number of rotatable bonds is 6. The predicted octanol–water partition coefficient (Wildman–Crippen LogP) is 1.41. The fourth-order valence-electron chi connectivity index (χ4n) is 1.37. The Morgan fingerprint density at radius 2 is 2.41 bits per heavy atom. The fourth-order valence-corrected chi connectivity index (χ4v) is 2.05. The minimum Gasteiger partial charge on any atom is -0.349 e. The summed E-state index contributed by atoms with van der Waals surface area (Å²) in [6.07, 6.45) is 1.61. The molecule has 0 saturated heterocycles. The molecule has 17 heavy (non-hydrogen) atoms. The summed E-state index contributed by atoms with van der Waals surface area (Å²) in [5.41, 5.74) is 6.84.